The van der Waals surface area contributed by atoms with E-state index < -0.39 is 0 Å². The number of hydrogen-bond acceptors (Lipinski definition) is 5. The van der Waals surface area contributed by atoms with Crippen LogP contribution in [0.3, 0.4) is 0 Å². The molecule has 1 aliphatic rings. The summed E-state index contributed by atoms with van der Waals surface area (Å²) in [6.07, 6.45) is 5.49. The zero-order valence-corrected chi connectivity index (χ0v) is 17.7. The van der Waals surface area contributed by atoms with Crippen molar-refractivity contribution in [2.45, 2.75) is 52.9 Å². The van der Waals surface area contributed by atoms with Crippen molar-refractivity contribution in [3.8, 4) is 17.4 Å². The van der Waals surface area contributed by atoms with Gasteiger partial charge in [0.15, 0.2) is 5.82 Å². The van der Waals surface area contributed by atoms with Crippen LogP contribution in [0.1, 0.15) is 49.1 Å². The minimum absolute atomic E-state index is 0.115. The molecule has 0 atom stereocenters. The number of nitrogens with one attached hydrogen (secondary N) is 1. The maximum absolute atomic E-state index is 12.4. The van der Waals surface area contributed by atoms with Gasteiger partial charge in [-0.25, -0.2) is 4.68 Å². The van der Waals surface area contributed by atoms with E-state index in [1.54, 1.807) is 10.7 Å². The number of ether oxygens (including phenoxy) is 1. The van der Waals surface area contributed by atoms with Gasteiger partial charge in [0.2, 0.25) is 11.8 Å². The van der Waals surface area contributed by atoms with Crippen LogP contribution in [-0.2, 0) is 4.79 Å². The molecule has 4 rings (SSSR count). The summed E-state index contributed by atoms with van der Waals surface area (Å²) in [6, 6.07) is 10.9. The Labute approximate surface area is 176 Å². The number of anilines is 1. The molecule has 0 radical (unpaired) electrons. The molecule has 1 N–H and O–H groups in total. The molecule has 0 bridgehead atoms. The predicted molar refractivity (Wildman–Crippen MR) is 115 cm³/mol. The van der Waals surface area contributed by atoms with Gasteiger partial charge in [0.1, 0.15) is 5.75 Å². The van der Waals surface area contributed by atoms with Crippen LogP contribution >= 0.6 is 0 Å². The second kappa shape index (κ2) is 8.65. The quantitative estimate of drug-likeness (QED) is 0.653. The van der Waals surface area contributed by atoms with Gasteiger partial charge in [-0.1, -0.05) is 19.3 Å². The van der Waals surface area contributed by atoms with Crippen LogP contribution in [0.4, 0.5) is 5.69 Å². The van der Waals surface area contributed by atoms with Crippen molar-refractivity contribution in [1.82, 2.24) is 20.0 Å². The molecular weight excluding hydrogens is 378 g/mol. The number of hydrogen-bond donors (Lipinski definition) is 1. The Hall–Kier alpha value is -3.22. The Morgan fingerprint density at radius 2 is 1.73 bits per heavy atom. The fourth-order valence-corrected chi connectivity index (χ4v) is 3.76. The van der Waals surface area contributed by atoms with Crippen molar-refractivity contribution in [2.24, 2.45) is 5.92 Å². The summed E-state index contributed by atoms with van der Waals surface area (Å²) in [4.78, 5) is 12.4. The molecule has 0 aliphatic heterocycles. The molecular formula is C23H27N5O2. The summed E-state index contributed by atoms with van der Waals surface area (Å²) in [6.45, 7) is 6.03. The summed E-state index contributed by atoms with van der Waals surface area (Å²) in [7, 11) is 0. The average Bonchev–Trinajstić information content (AvgIpc) is 3.03. The van der Waals surface area contributed by atoms with Crippen molar-refractivity contribution in [3.63, 3.8) is 0 Å². The van der Waals surface area contributed by atoms with Gasteiger partial charge in [0.25, 0.3) is 0 Å². The first-order valence-electron chi connectivity index (χ1n) is 10.5. The third-order valence-corrected chi connectivity index (χ3v) is 5.82. The molecule has 2 heterocycles. The van der Waals surface area contributed by atoms with E-state index in [-0.39, 0.29) is 11.8 Å². The smallest absolute Gasteiger partial charge is 0.238 e. The van der Waals surface area contributed by atoms with E-state index >= 15 is 0 Å². The van der Waals surface area contributed by atoms with Gasteiger partial charge in [-0.05, 0) is 69.5 Å². The Morgan fingerprint density at radius 3 is 2.33 bits per heavy atom. The first kappa shape index (κ1) is 20.1. The second-order valence-electron chi connectivity index (χ2n) is 7.89. The van der Waals surface area contributed by atoms with Crippen LogP contribution in [0.15, 0.2) is 36.4 Å². The Bertz CT molecular complexity index is 1020. The van der Waals surface area contributed by atoms with Gasteiger partial charge in [-0.3, -0.25) is 4.79 Å². The number of carbonyl (C=O) groups is 1. The van der Waals surface area contributed by atoms with Crippen molar-refractivity contribution in [2.75, 3.05) is 5.32 Å². The lowest BCUT2D eigenvalue weighted by molar-refractivity contribution is -0.120. The minimum atomic E-state index is 0.115. The lowest BCUT2D eigenvalue weighted by atomic mass is 9.88. The van der Waals surface area contributed by atoms with E-state index in [1.165, 1.54) is 6.42 Å². The molecule has 156 valence electrons. The van der Waals surface area contributed by atoms with Crippen LogP contribution < -0.4 is 10.1 Å². The molecule has 2 aromatic heterocycles. The number of benzene rings is 1. The molecule has 1 aliphatic carbocycles. The van der Waals surface area contributed by atoms with E-state index in [0.29, 0.717) is 17.4 Å². The average molecular weight is 406 g/mol. The molecule has 3 aromatic rings. The number of amides is 1. The Kier molecular flexibility index (Phi) is 5.79. The van der Waals surface area contributed by atoms with Crippen LogP contribution in [0.5, 0.6) is 11.6 Å². The maximum atomic E-state index is 12.4. The topological polar surface area (TPSA) is 81.9 Å². The summed E-state index contributed by atoms with van der Waals surface area (Å²) in [5.41, 5.74) is 3.94. The van der Waals surface area contributed by atoms with Crippen LogP contribution in [0.25, 0.3) is 5.82 Å². The molecule has 1 aromatic carbocycles. The predicted octanol–water partition coefficient (Wildman–Crippen LogP) is 4.90. The van der Waals surface area contributed by atoms with Gasteiger partial charge >= 0.3 is 0 Å². The number of nitrogens with zero attached hydrogens (tertiary/aromatic N) is 4. The van der Waals surface area contributed by atoms with E-state index in [1.807, 2.05) is 51.1 Å². The number of aromatic nitrogens is 4. The second-order valence-corrected chi connectivity index (χ2v) is 7.89. The van der Waals surface area contributed by atoms with E-state index in [4.69, 9.17) is 4.74 Å². The maximum Gasteiger partial charge on any atom is 0.238 e. The van der Waals surface area contributed by atoms with Crippen molar-refractivity contribution >= 4 is 11.6 Å². The van der Waals surface area contributed by atoms with Crippen LogP contribution in [0.2, 0.25) is 0 Å². The van der Waals surface area contributed by atoms with Gasteiger partial charge in [0, 0.05) is 23.4 Å². The normalized spacial score (nSPS) is 14.5. The van der Waals surface area contributed by atoms with Gasteiger partial charge < -0.3 is 10.1 Å². The van der Waals surface area contributed by atoms with E-state index in [2.05, 4.69) is 20.6 Å². The standard InChI is InChI=1S/C23H27N5O2/c1-15-16(2)27-28(17(15)3)21-13-14-22(26-25-21)30-20-11-9-19(10-12-20)24-23(29)18-7-5-4-6-8-18/h9-14,18H,4-8H2,1-3H3,(H,24,29). The van der Waals surface area contributed by atoms with Gasteiger partial charge in [-0.2, -0.15) is 5.10 Å². The lowest BCUT2D eigenvalue weighted by Crippen LogP contribution is -2.24. The highest BCUT2D eigenvalue weighted by Crippen LogP contribution is 2.26. The zero-order valence-electron chi connectivity index (χ0n) is 17.7. The fourth-order valence-electron chi connectivity index (χ4n) is 3.76. The molecule has 1 amide bonds. The number of aryl methyl sites for hydroxylation is 1. The first-order chi connectivity index (χ1) is 14.5. The Morgan fingerprint density at radius 1 is 1.00 bits per heavy atom. The van der Waals surface area contributed by atoms with Gasteiger partial charge in [-0.15, -0.1) is 10.2 Å². The van der Waals surface area contributed by atoms with E-state index in [0.717, 1.165) is 48.3 Å². The highest BCUT2D eigenvalue weighted by Gasteiger charge is 2.21. The summed E-state index contributed by atoms with van der Waals surface area (Å²) < 4.78 is 7.57. The van der Waals surface area contributed by atoms with Crippen molar-refractivity contribution < 1.29 is 9.53 Å². The SMILES string of the molecule is Cc1nn(-c2ccc(Oc3ccc(NC(=O)C4CCCCC4)cc3)nn2)c(C)c1C. The molecule has 7 nitrogen and oxygen atoms in total. The van der Waals surface area contributed by atoms with Gasteiger partial charge in [0.05, 0.1) is 5.69 Å². The molecule has 7 heteroatoms. The van der Waals surface area contributed by atoms with Crippen LogP contribution in [-0.4, -0.2) is 25.9 Å². The summed E-state index contributed by atoms with van der Waals surface area (Å²) in [5.74, 6) is 1.93. The molecule has 1 fully saturated rings. The Balaban J connectivity index is 1.38. The number of rotatable bonds is 5. The van der Waals surface area contributed by atoms with Crippen molar-refractivity contribution in [3.05, 3.63) is 53.3 Å². The molecule has 0 unspecified atom stereocenters. The molecule has 0 saturated heterocycles. The number of carbonyl (C=O) groups excluding carboxylic acids is 1. The van der Waals surface area contributed by atoms with Crippen molar-refractivity contribution in [1.29, 1.82) is 0 Å². The largest absolute Gasteiger partial charge is 0.438 e. The summed E-state index contributed by atoms with van der Waals surface area (Å²) in [5, 5.41) is 15.9. The lowest BCUT2D eigenvalue weighted by Gasteiger charge is -2.20. The molecule has 0 spiro atoms. The molecule has 30 heavy (non-hydrogen) atoms. The van der Waals surface area contributed by atoms with Crippen LogP contribution in [0, 0.1) is 26.7 Å². The third kappa shape index (κ3) is 4.35. The fraction of sp³-hybridized carbons (Fsp3) is 0.391. The minimum Gasteiger partial charge on any atom is -0.438 e. The molecule has 1 saturated carbocycles. The third-order valence-electron chi connectivity index (χ3n) is 5.82. The monoisotopic (exact) mass is 405 g/mol. The summed E-state index contributed by atoms with van der Waals surface area (Å²) >= 11 is 0. The first-order valence-corrected chi connectivity index (χ1v) is 10.5. The van der Waals surface area contributed by atoms with E-state index in [9.17, 15) is 4.79 Å². The highest BCUT2D eigenvalue weighted by atomic mass is 16.5. The zero-order chi connectivity index (χ0) is 21.1. The highest BCUT2D eigenvalue weighted by molar-refractivity contribution is 5.92.